The molecular formula is C19H26N4O2S. The molecule has 1 fully saturated rings. The number of hydrogen-bond donors (Lipinski definition) is 2. The Labute approximate surface area is 158 Å². The highest BCUT2D eigenvalue weighted by Crippen LogP contribution is 2.33. The zero-order chi connectivity index (χ0) is 18.5. The molecule has 2 heterocycles. The second-order valence-corrected chi connectivity index (χ2v) is 7.96. The van der Waals surface area contributed by atoms with Crippen LogP contribution in [0.15, 0.2) is 24.3 Å². The van der Waals surface area contributed by atoms with Gasteiger partial charge < -0.3 is 5.32 Å². The third-order valence-corrected chi connectivity index (χ3v) is 6.06. The molecule has 6 nitrogen and oxygen atoms in total. The van der Waals surface area contributed by atoms with Gasteiger partial charge in [-0.05, 0) is 51.4 Å². The molecule has 3 amide bonds. The number of carbonyl (C=O) groups is 2. The number of likely N-dealkylation sites (tertiary alicyclic amines) is 1. The fourth-order valence-corrected chi connectivity index (χ4v) is 4.27. The summed E-state index contributed by atoms with van der Waals surface area (Å²) >= 11 is 1.77. The van der Waals surface area contributed by atoms with Gasteiger partial charge >= 0.3 is 6.03 Å². The molecule has 0 bridgehead atoms. The second-order valence-electron chi connectivity index (χ2n) is 6.90. The van der Waals surface area contributed by atoms with E-state index in [-0.39, 0.29) is 18.5 Å². The lowest BCUT2D eigenvalue weighted by Gasteiger charge is -2.30. The van der Waals surface area contributed by atoms with Crippen molar-refractivity contribution in [1.82, 2.24) is 20.5 Å². The number of thiazole rings is 1. The zero-order valence-corrected chi connectivity index (χ0v) is 16.1. The van der Waals surface area contributed by atoms with Crippen molar-refractivity contribution < 1.29 is 9.59 Å². The van der Waals surface area contributed by atoms with E-state index in [0.717, 1.165) is 37.9 Å². The summed E-state index contributed by atoms with van der Waals surface area (Å²) in [5.41, 5.74) is 1.07. The Bertz CT molecular complexity index is 735. The lowest BCUT2D eigenvalue weighted by atomic mass is 9.97. The van der Waals surface area contributed by atoms with E-state index in [4.69, 9.17) is 4.98 Å². The Kier molecular flexibility index (Phi) is 6.21. The molecule has 0 radical (unpaired) electrons. The molecular weight excluding hydrogens is 348 g/mol. The minimum Gasteiger partial charge on any atom is -0.335 e. The molecule has 1 saturated heterocycles. The van der Waals surface area contributed by atoms with E-state index in [1.165, 1.54) is 9.71 Å². The summed E-state index contributed by atoms with van der Waals surface area (Å²) in [5.74, 6) is 0.213. The minimum absolute atomic E-state index is 0.0624. The van der Waals surface area contributed by atoms with Gasteiger partial charge in [0.25, 0.3) is 0 Å². The Balaban J connectivity index is 1.46. The fraction of sp³-hybridized carbons (Fsp3) is 0.526. The lowest BCUT2D eigenvalue weighted by Crippen LogP contribution is -2.47. The van der Waals surface area contributed by atoms with Crippen molar-refractivity contribution >= 4 is 33.5 Å². The van der Waals surface area contributed by atoms with Gasteiger partial charge in [-0.1, -0.05) is 19.1 Å². The Morgan fingerprint density at radius 1 is 1.31 bits per heavy atom. The number of rotatable bonds is 5. The van der Waals surface area contributed by atoms with E-state index >= 15 is 0 Å². The van der Waals surface area contributed by atoms with Crippen molar-refractivity contribution in [2.75, 3.05) is 19.6 Å². The van der Waals surface area contributed by atoms with E-state index < -0.39 is 6.03 Å². The Morgan fingerprint density at radius 2 is 2.04 bits per heavy atom. The molecule has 26 heavy (non-hydrogen) atoms. The highest BCUT2D eigenvalue weighted by atomic mass is 32.1. The Hall–Kier alpha value is -1.99. The van der Waals surface area contributed by atoms with Crippen LogP contribution in [0.4, 0.5) is 4.79 Å². The van der Waals surface area contributed by atoms with Crippen LogP contribution in [0.3, 0.4) is 0 Å². The first-order chi connectivity index (χ1) is 12.5. The second kappa shape index (κ2) is 8.60. The van der Waals surface area contributed by atoms with Crippen molar-refractivity contribution in [2.45, 2.75) is 45.1 Å². The normalized spacial score (nSPS) is 17.2. The summed E-state index contributed by atoms with van der Waals surface area (Å²) in [7, 11) is 0. The summed E-state index contributed by atoms with van der Waals surface area (Å²) < 4.78 is 1.23. The maximum absolute atomic E-state index is 12.0. The number of imide groups is 1. The van der Waals surface area contributed by atoms with Gasteiger partial charge in [-0.2, -0.15) is 0 Å². The van der Waals surface area contributed by atoms with E-state index in [2.05, 4.69) is 27.7 Å². The SMILES string of the molecule is CC[C@H](C)NC(=O)NC(=O)CN1CCC(c2nc3ccccc3s2)CC1. The summed E-state index contributed by atoms with van der Waals surface area (Å²) in [5, 5.41) is 6.35. The third-order valence-electron chi connectivity index (χ3n) is 4.86. The summed E-state index contributed by atoms with van der Waals surface area (Å²) in [6.07, 6.45) is 2.82. The number of para-hydroxylation sites is 1. The molecule has 0 saturated carbocycles. The number of nitrogens with zero attached hydrogens (tertiary/aromatic N) is 2. The van der Waals surface area contributed by atoms with E-state index in [1.807, 2.05) is 26.0 Å². The minimum atomic E-state index is -0.409. The van der Waals surface area contributed by atoms with Gasteiger partial charge in [0, 0.05) is 12.0 Å². The van der Waals surface area contributed by atoms with Crippen molar-refractivity contribution in [3.05, 3.63) is 29.3 Å². The molecule has 3 rings (SSSR count). The highest BCUT2D eigenvalue weighted by Gasteiger charge is 2.24. The number of hydrogen-bond acceptors (Lipinski definition) is 5. The van der Waals surface area contributed by atoms with Gasteiger partial charge in [0.15, 0.2) is 0 Å². The van der Waals surface area contributed by atoms with E-state index in [1.54, 1.807) is 11.3 Å². The quantitative estimate of drug-likeness (QED) is 0.843. The number of aromatic nitrogens is 1. The van der Waals surface area contributed by atoms with Crippen LogP contribution in [0.2, 0.25) is 0 Å². The molecule has 7 heteroatoms. The topological polar surface area (TPSA) is 74.3 Å². The number of piperidine rings is 1. The standard InChI is InChI=1S/C19H26N4O2S/c1-3-13(2)20-19(25)22-17(24)12-23-10-8-14(9-11-23)18-21-15-6-4-5-7-16(15)26-18/h4-7,13-14H,3,8-12H2,1-2H3,(H2,20,22,24,25)/t13-/m0/s1. The lowest BCUT2D eigenvalue weighted by molar-refractivity contribution is -0.121. The molecule has 0 spiro atoms. The van der Waals surface area contributed by atoms with Gasteiger partial charge in [0.2, 0.25) is 5.91 Å². The first-order valence-electron chi connectivity index (χ1n) is 9.23. The van der Waals surface area contributed by atoms with Crippen LogP contribution in [-0.2, 0) is 4.79 Å². The first-order valence-corrected chi connectivity index (χ1v) is 10.0. The molecule has 2 N–H and O–H groups in total. The smallest absolute Gasteiger partial charge is 0.321 e. The fourth-order valence-electron chi connectivity index (χ4n) is 3.13. The number of benzene rings is 1. The number of carbonyl (C=O) groups excluding carboxylic acids is 2. The summed E-state index contributed by atoms with van der Waals surface area (Å²) in [6, 6.07) is 7.88. The number of amides is 3. The van der Waals surface area contributed by atoms with Crippen molar-refractivity contribution in [2.24, 2.45) is 0 Å². The molecule has 1 aromatic heterocycles. The molecule has 0 unspecified atom stereocenters. The number of fused-ring (bicyclic) bond motifs is 1. The average Bonchev–Trinajstić information content (AvgIpc) is 3.06. The van der Waals surface area contributed by atoms with Crippen molar-refractivity contribution in [3.8, 4) is 0 Å². The molecule has 1 aliphatic rings. The first kappa shape index (κ1) is 18.8. The predicted octanol–water partition coefficient (Wildman–Crippen LogP) is 3.10. The highest BCUT2D eigenvalue weighted by molar-refractivity contribution is 7.18. The van der Waals surface area contributed by atoms with Crippen LogP contribution in [0, 0.1) is 0 Å². The van der Waals surface area contributed by atoms with Crippen LogP contribution in [0.1, 0.15) is 44.0 Å². The third kappa shape index (κ3) is 4.80. The maximum Gasteiger partial charge on any atom is 0.321 e. The van der Waals surface area contributed by atoms with Gasteiger partial charge in [-0.3, -0.25) is 15.0 Å². The van der Waals surface area contributed by atoms with Crippen LogP contribution in [0.25, 0.3) is 10.2 Å². The largest absolute Gasteiger partial charge is 0.335 e. The predicted molar refractivity (Wildman–Crippen MR) is 104 cm³/mol. The molecule has 1 aliphatic heterocycles. The van der Waals surface area contributed by atoms with E-state index in [0.29, 0.717) is 5.92 Å². The van der Waals surface area contributed by atoms with Gasteiger partial charge in [-0.25, -0.2) is 9.78 Å². The molecule has 2 aromatic rings. The van der Waals surface area contributed by atoms with Gasteiger partial charge in [0.05, 0.1) is 21.8 Å². The number of nitrogens with one attached hydrogen (secondary N) is 2. The monoisotopic (exact) mass is 374 g/mol. The Morgan fingerprint density at radius 3 is 2.73 bits per heavy atom. The van der Waals surface area contributed by atoms with E-state index in [9.17, 15) is 9.59 Å². The molecule has 1 aromatic carbocycles. The van der Waals surface area contributed by atoms with Crippen molar-refractivity contribution in [3.63, 3.8) is 0 Å². The average molecular weight is 375 g/mol. The zero-order valence-electron chi connectivity index (χ0n) is 15.3. The number of urea groups is 1. The van der Waals surface area contributed by atoms with Gasteiger partial charge in [-0.15, -0.1) is 11.3 Å². The summed E-state index contributed by atoms with van der Waals surface area (Å²) in [4.78, 5) is 30.6. The van der Waals surface area contributed by atoms with Crippen LogP contribution in [-0.4, -0.2) is 47.5 Å². The van der Waals surface area contributed by atoms with Crippen LogP contribution in [0.5, 0.6) is 0 Å². The van der Waals surface area contributed by atoms with Crippen LogP contribution >= 0.6 is 11.3 Å². The summed E-state index contributed by atoms with van der Waals surface area (Å²) in [6.45, 7) is 5.86. The van der Waals surface area contributed by atoms with Crippen LogP contribution < -0.4 is 10.6 Å². The molecule has 1 atom stereocenters. The molecule has 140 valence electrons. The molecule has 0 aliphatic carbocycles. The van der Waals surface area contributed by atoms with Crippen molar-refractivity contribution in [1.29, 1.82) is 0 Å². The maximum atomic E-state index is 12.0. The van der Waals surface area contributed by atoms with Gasteiger partial charge in [0.1, 0.15) is 0 Å².